The first-order valence-corrected chi connectivity index (χ1v) is 8.70. The molecule has 0 fully saturated rings. The largest absolute Gasteiger partial charge is 0.479 e. The summed E-state index contributed by atoms with van der Waals surface area (Å²) >= 11 is 0. The average molecular weight is 345 g/mol. The third kappa shape index (κ3) is 3.75. The number of aliphatic carboxylic acids is 1. The Bertz CT molecular complexity index is 717. The Hall–Kier alpha value is -2.18. The lowest BCUT2D eigenvalue weighted by atomic mass is 9.89. The second-order valence-corrected chi connectivity index (χ2v) is 6.26. The van der Waals surface area contributed by atoms with Crippen LogP contribution in [0.15, 0.2) is 36.5 Å². The first kappa shape index (κ1) is 19.1. The minimum absolute atomic E-state index is 0.433. The molecule has 2 atom stereocenters. The molecule has 0 spiro atoms. The molecule has 0 aliphatic carbocycles. The van der Waals surface area contributed by atoms with Crippen LogP contribution < -0.4 is 10.9 Å². The van der Waals surface area contributed by atoms with Gasteiger partial charge in [0.2, 0.25) is 0 Å². The van der Waals surface area contributed by atoms with Crippen LogP contribution in [-0.2, 0) is 9.53 Å². The highest BCUT2D eigenvalue weighted by atomic mass is 16.5. The number of carbonyl (C=O) groups is 1. The molecule has 0 aliphatic heterocycles. The number of hydrogen-bond donors (Lipinski definition) is 2. The van der Waals surface area contributed by atoms with Gasteiger partial charge in [0.1, 0.15) is 0 Å². The number of hydrogen-bond acceptors (Lipinski definition) is 5. The van der Waals surface area contributed by atoms with Crippen molar-refractivity contribution >= 4 is 22.6 Å². The van der Waals surface area contributed by atoms with E-state index in [1.165, 1.54) is 5.01 Å². The molecule has 0 aliphatic rings. The number of rotatable bonds is 9. The summed E-state index contributed by atoms with van der Waals surface area (Å²) in [5, 5.41) is 12.2. The van der Waals surface area contributed by atoms with Gasteiger partial charge in [0, 0.05) is 18.2 Å². The highest BCUT2D eigenvalue weighted by molar-refractivity contribution is 5.94. The number of nitrogens with two attached hydrogens (primary N) is 1. The van der Waals surface area contributed by atoms with Crippen molar-refractivity contribution in [3.8, 4) is 0 Å². The third-order valence-electron chi connectivity index (χ3n) is 4.63. The van der Waals surface area contributed by atoms with Gasteiger partial charge < -0.3 is 9.84 Å². The topological polar surface area (TPSA) is 88.7 Å². The fourth-order valence-corrected chi connectivity index (χ4v) is 3.05. The van der Waals surface area contributed by atoms with Gasteiger partial charge in [0.25, 0.3) is 0 Å². The lowest BCUT2D eigenvalue weighted by Gasteiger charge is -2.41. The first-order valence-electron chi connectivity index (χ1n) is 8.70. The summed E-state index contributed by atoms with van der Waals surface area (Å²) in [5.41, 5.74) is -0.00335. The van der Waals surface area contributed by atoms with Crippen LogP contribution in [-0.4, -0.2) is 34.3 Å². The molecule has 25 heavy (non-hydrogen) atoms. The Morgan fingerprint density at radius 2 is 2.08 bits per heavy atom. The van der Waals surface area contributed by atoms with Crippen LogP contribution in [0.2, 0.25) is 0 Å². The van der Waals surface area contributed by atoms with E-state index in [-0.39, 0.29) is 0 Å². The minimum Gasteiger partial charge on any atom is -0.479 e. The number of pyridine rings is 1. The highest BCUT2D eigenvalue weighted by Gasteiger charge is 2.47. The van der Waals surface area contributed by atoms with Gasteiger partial charge in [-0.2, -0.15) is 0 Å². The van der Waals surface area contributed by atoms with Crippen molar-refractivity contribution in [3.05, 3.63) is 36.5 Å². The lowest BCUT2D eigenvalue weighted by molar-refractivity contribution is -0.149. The summed E-state index contributed by atoms with van der Waals surface area (Å²) in [5.74, 6) is 5.38. The van der Waals surface area contributed by atoms with Crippen molar-refractivity contribution in [2.24, 2.45) is 5.84 Å². The first-order chi connectivity index (χ1) is 12.0. The van der Waals surface area contributed by atoms with E-state index in [9.17, 15) is 9.90 Å². The zero-order chi connectivity index (χ0) is 18.4. The number of benzene rings is 1. The highest BCUT2D eigenvalue weighted by Crippen LogP contribution is 2.32. The van der Waals surface area contributed by atoms with Crippen LogP contribution in [0, 0.1) is 0 Å². The Morgan fingerprint density at radius 1 is 1.36 bits per heavy atom. The Morgan fingerprint density at radius 3 is 2.72 bits per heavy atom. The molecule has 0 radical (unpaired) electrons. The molecule has 136 valence electrons. The molecule has 2 aromatic rings. The van der Waals surface area contributed by atoms with E-state index in [4.69, 9.17) is 10.6 Å². The number of nitrogens with zero attached hydrogens (tertiary/aromatic N) is 2. The van der Waals surface area contributed by atoms with E-state index in [0.717, 1.165) is 23.7 Å². The summed E-state index contributed by atoms with van der Waals surface area (Å²) in [7, 11) is 0. The van der Waals surface area contributed by atoms with Gasteiger partial charge in [-0.3, -0.25) is 9.99 Å². The van der Waals surface area contributed by atoms with Crippen molar-refractivity contribution in [1.29, 1.82) is 0 Å². The molecular formula is C19H27N3O3. The van der Waals surface area contributed by atoms with Crippen molar-refractivity contribution < 1.29 is 14.6 Å². The Kier molecular flexibility index (Phi) is 6.33. The molecule has 0 saturated carbocycles. The molecule has 6 heteroatoms. The van der Waals surface area contributed by atoms with Gasteiger partial charge in [0.15, 0.2) is 5.54 Å². The maximum atomic E-state index is 12.2. The second kappa shape index (κ2) is 8.27. The number of carboxylic acids is 1. The molecule has 0 amide bonds. The van der Waals surface area contributed by atoms with E-state index in [0.29, 0.717) is 18.7 Å². The van der Waals surface area contributed by atoms with E-state index < -0.39 is 17.6 Å². The van der Waals surface area contributed by atoms with Gasteiger partial charge in [-0.25, -0.2) is 10.6 Å². The summed E-state index contributed by atoms with van der Waals surface area (Å²) < 4.78 is 5.81. The molecule has 1 aromatic carbocycles. The van der Waals surface area contributed by atoms with Gasteiger partial charge in [-0.1, -0.05) is 38.0 Å². The van der Waals surface area contributed by atoms with Gasteiger partial charge >= 0.3 is 5.97 Å². The molecule has 1 aromatic heterocycles. The van der Waals surface area contributed by atoms with Crippen molar-refractivity contribution in [1.82, 2.24) is 4.98 Å². The van der Waals surface area contributed by atoms with Gasteiger partial charge in [0.05, 0.1) is 17.3 Å². The normalized spacial score (nSPS) is 14.9. The van der Waals surface area contributed by atoms with Crippen LogP contribution >= 0.6 is 0 Å². The Labute approximate surface area is 148 Å². The molecule has 6 nitrogen and oxygen atoms in total. The molecule has 2 unspecified atom stereocenters. The summed E-state index contributed by atoms with van der Waals surface area (Å²) in [6.45, 7) is 5.99. The maximum absolute atomic E-state index is 12.2. The predicted octanol–water partition coefficient (Wildman–Crippen LogP) is 3.35. The zero-order valence-electron chi connectivity index (χ0n) is 15.1. The Balaban J connectivity index is 2.51. The number of anilines is 1. The summed E-state index contributed by atoms with van der Waals surface area (Å²) in [4.78, 5) is 16.6. The number of ether oxygens (including phenoxy) is 1. The molecular weight excluding hydrogens is 318 g/mol. The lowest BCUT2D eigenvalue weighted by Crippen LogP contribution is -2.64. The van der Waals surface area contributed by atoms with Crippen LogP contribution in [0.25, 0.3) is 10.9 Å². The van der Waals surface area contributed by atoms with Crippen LogP contribution in [0.4, 0.5) is 5.69 Å². The van der Waals surface area contributed by atoms with Gasteiger partial charge in [-0.15, -0.1) is 0 Å². The quantitative estimate of drug-likeness (QED) is 0.535. The number of fused-ring (bicyclic) bond motifs is 1. The summed E-state index contributed by atoms with van der Waals surface area (Å²) in [6.07, 6.45) is 3.58. The fourth-order valence-electron chi connectivity index (χ4n) is 3.05. The summed E-state index contributed by atoms with van der Waals surface area (Å²) in [6, 6.07) is 9.28. The molecule has 0 bridgehead atoms. The van der Waals surface area contributed by atoms with Crippen LogP contribution in [0.1, 0.15) is 40.0 Å². The fraction of sp³-hybridized carbons (Fsp3) is 0.474. The van der Waals surface area contributed by atoms with Crippen LogP contribution in [0.3, 0.4) is 0 Å². The number of aromatic nitrogens is 1. The molecule has 3 N–H and O–H groups in total. The van der Waals surface area contributed by atoms with E-state index in [1.54, 1.807) is 19.2 Å². The standard InChI is InChI=1S/C19H27N3O3/c1-4-6-11-17(25-5-2)19(3,18(23)24)22(20)16-12-13-21-15-10-8-7-9-14(15)16/h7-10,12-13,17H,4-6,11,20H2,1-3H3,(H,23,24). The smallest absolute Gasteiger partial charge is 0.333 e. The average Bonchev–Trinajstić information content (AvgIpc) is 2.63. The van der Waals surface area contributed by atoms with E-state index >= 15 is 0 Å². The monoisotopic (exact) mass is 345 g/mol. The molecule has 2 rings (SSSR count). The number of hydrazine groups is 1. The van der Waals surface area contributed by atoms with E-state index in [2.05, 4.69) is 11.9 Å². The maximum Gasteiger partial charge on any atom is 0.333 e. The predicted molar refractivity (Wildman–Crippen MR) is 99.4 cm³/mol. The number of para-hydroxylation sites is 1. The van der Waals surface area contributed by atoms with Gasteiger partial charge in [-0.05, 0) is 32.4 Å². The van der Waals surface area contributed by atoms with Crippen LogP contribution in [0.5, 0.6) is 0 Å². The number of carboxylic acid groups (broad SMARTS) is 1. The minimum atomic E-state index is -1.39. The van der Waals surface area contributed by atoms with Crippen molar-refractivity contribution in [3.63, 3.8) is 0 Å². The molecule has 0 saturated heterocycles. The van der Waals surface area contributed by atoms with E-state index in [1.807, 2.05) is 31.2 Å². The molecule has 1 heterocycles. The second-order valence-electron chi connectivity index (χ2n) is 6.26. The SMILES string of the molecule is CCCCC(OCC)C(C)(C(=O)O)N(N)c1ccnc2ccccc12. The van der Waals surface area contributed by atoms with Crippen molar-refractivity contribution in [2.45, 2.75) is 51.7 Å². The zero-order valence-corrected chi connectivity index (χ0v) is 15.1. The third-order valence-corrected chi connectivity index (χ3v) is 4.63. The van der Waals surface area contributed by atoms with Crippen molar-refractivity contribution in [2.75, 3.05) is 11.6 Å². The number of unbranched alkanes of at least 4 members (excludes halogenated alkanes) is 1.